The number of nitrogens with zero attached hydrogens (tertiary/aromatic N) is 2. The smallest absolute Gasteiger partial charge is 0.239 e. The van der Waals surface area contributed by atoms with Crippen LogP contribution in [0.1, 0.15) is 52.4 Å². The highest BCUT2D eigenvalue weighted by Crippen LogP contribution is 2.26. The van der Waals surface area contributed by atoms with Crippen molar-refractivity contribution >= 4 is 24.1 Å². The molecule has 0 unspecified atom stereocenters. The highest BCUT2D eigenvalue weighted by atomic mass is 16.2. The van der Waals surface area contributed by atoms with Gasteiger partial charge in [-0.15, -0.1) is 0 Å². The predicted octanol–water partition coefficient (Wildman–Crippen LogP) is 2.35. The van der Waals surface area contributed by atoms with Gasteiger partial charge in [-0.1, -0.05) is 13.8 Å². The summed E-state index contributed by atoms with van der Waals surface area (Å²) in [5, 5.41) is 3.98. The second kappa shape index (κ2) is 9.39. The lowest BCUT2D eigenvalue weighted by atomic mass is 9.83. The van der Waals surface area contributed by atoms with E-state index in [-0.39, 0.29) is 11.7 Å². The average molecular weight is 279 g/mol. The molecule has 1 aliphatic rings. The van der Waals surface area contributed by atoms with E-state index in [0.717, 1.165) is 25.7 Å². The molecular weight excluding hydrogens is 254 g/mol. The van der Waals surface area contributed by atoms with Crippen LogP contribution in [-0.4, -0.2) is 30.7 Å². The Morgan fingerprint density at radius 3 is 2.20 bits per heavy atom. The van der Waals surface area contributed by atoms with Crippen molar-refractivity contribution in [3.05, 3.63) is 0 Å². The number of carbonyl (C=O) groups excluding carboxylic acids is 2. The van der Waals surface area contributed by atoms with Crippen molar-refractivity contribution in [2.24, 2.45) is 21.9 Å². The molecule has 0 bridgehead atoms. The maximum Gasteiger partial charge on any atom is 0.239 e. The number of hydrazone groups is 1. The Kier molecular flexibility index (Phi) is 7.77. The molecule has 1 rings (SSSR count). The molecule has 0 atom stereocenters. The Morgan fingerprint density at radius 2 is 1.65 bits per heavy atom. The molecule has 1 saturated carbocycles. The summed E-state index contributed by atoms with van der Waals surface area (Å²) in [6, 6.07) is 0. The minimum absolute atomic E-state index is 0.0531. The number of carbonyl (C=O) groups is 2. The van der Waals surface area contributed by atoms with Crippen LogP contribution in [0.4, 0.5) is 0 Å². The van der Waals surface area contributed by atoms with Crippen LogP contribution in [0.25, 0.3) is 0 Å². The van der Waals surface area contributed by atoms with E-state index in [4.69, 9.17) is 0 Å². The molecule has 0 aromatic heterocycles. The van der Waals surface area contributed by atoms with Gasteiger partial charge in [0.25, 0.3) is 0 Å². The van der Waals surface area contributed by atoms with Gasteiger partial charge in [-0.2, -0.15) is 5.10 Å². The van der Waals surface area contributed by atoms with Crippen LogP contribution in [0.5, 0.6) is 0 Å². The van der Waals surface area contributed by atoms with Gasteiger partial charge in [0.1, 0.15) is 0 Å². The molecule has 1 aliphatic carbocycles. The Balaban J connectivity index is 2.22. The first kappa shape index (κ1) is 16.5. The highest BCUT2D eigenvalue weighted by molar-refractivity contribution is 5.81. The summed E-state index contributed by atoms with van der Waals surface area (Å²) in [4.78, 5) is 26.4. The Hall–Kier alpha value is -1.52. The van der Waals surface area contributed by atoms with E-state index < -0.39 is 0 Å². The number of hydrogen-bond acceptors (Lipinski definition) is 4. The van der Waals surface area contributed by atoms with E-state index >= 15 is 0 Å². The predicted molar refractivity (Wildman–Crippen MR) is 81.0 cm³/mol. The van der Waals surface area contributed by atoms with Crippen molar-refractivity contribution in [2.75, 3.05) is 6.54 Å². The number of ketones is 1. The van der Waals surface area contributed by atoms with Crippen LogP contribution in [0, 0.1) is 11.8 Å². The van der Waals surface area contributed by atoms with Gasteiger partial charge >= 0.3 is 0 Å². The molecule has 1 fully saturated rings. The van der Waals surface area contributed by atoms with Crippen molar-refractivity contribution in [2.45, 2.75) is 52.4 Å². The summed E-state index contributed by atoms with van der Waals surface area (Å²) in [5.74, 6) is 1.06. The number of aliphatic imine (C=N–C) groups is 1. The number of rotatable bonds is 7. The monoisotopic (exact) mass is 279 g/mol. The van der Waals surface area contributed by atoms with E-state index in [1.54, 1.807) is 6.92 Å². The van der Waals surface area contributed by atoms with E-state index in [9.17, 15) is 9.59 Å². The summed E-state index contributed by atoms with van der Waals surface area (Å²) in [7, 11) is 0. The third kappa shape index (κ3) is 6.59. The molecule has 0 aromatic rings. The van der Waals surface area contributed by atoms with Gasteiger partial charge in [0.05, 0.1) is 6.54 Å². The van der Waals surface area contributed by atoms with E-state index in [1.165, 1.54) is 0 Å². The van der Waals surface area contributed by atoms with E-state index in [2.05, 4.69) is 15.5 Å². The second-order valence-electron chi connectivity index (χ2n) is 5.22. The fraction of sp³-hybridized carbons (Fsp3) is 0.733. The molecule has 112 valence electrons. The third-order valence-electron chi connectivity index (χ3n) is 3.59. The number of amides is 1. The van der Waals surface area contributed by atoms with Gasteiger partial charge in [0, 0.05) is 25.3 Å². The molecular formula is C15H25N3O2. The minimum atomic E-state index is -0.0531. The summed E-state index contributed by atoms with van der Waals surface area (Å²) in [6.07, 6.45) is 9.07. The Labute approximate surface area is 120 Å². The topological polar surface area (TPSA) is 70.9 Å². The zero-order chi connectivity index (χ0) is 14.8. The molecule has 5 heteroatoms. The minimum Gasteiger partial charge on any atom is -0.298 e. The SMILES string of the molecule is CCC(=O)CN=CC1CCC(/C=N/NC(=O)CC)CC1. The molecule has 1 N–H and O–H groups in total. The van der Waals surface area contributed by atoms with Crippen molar-refractivity contribution in [3.63, 3.8) is 0 Å². The molecule has 20 heavy (non-hydrogen) atoms. The first-order valence-electron chi connectivity index (χ1n) is 7.49. The Morgan fingerprint density at radius 1 is 1.05 bits per heavy atom. The molecule has 0 aliphatic heterocycles. The van der Waals surface area contributed by atoms with Crippen molar-refractivity contribution in [3.8, 4) is 0 Å². The molecule has 5 nitrogen and oxygen atoms in total. The van der Waals surface area contributed by atoms with E-state index in [0.29, 0.717) is 31.2 Å². The first-order chi connectivity index (χ1) is 9.65. The molecule has 0 spiro atoms. The molecule has 1 amide bonds. The van der Waals surface area contributed by atoms with Crippen molar-refractivity contribution in [1.82, 2.24) is 5.43 Å². The first-order valence-corrected chi connectivity index (χ1v) is 7.49. The van der Waals surface area contributed by atoms with Crippen LogP contribution >= 0.6 is 0 Å². The second-order valence-corrected chi connectivity index (χ2v) is 5.22. The fourth-order valence-corrected chi connectivity index (χ4v) is 2.15. The van der Waals surface area contributed by atoms with Crippen molar-refractivity contribution in [1.29, 1.82) is 0 Å². The summed E-state index contributed by atoms with van der Waals surface area (Å²) < 4.78 is 0. The molecule has 0 aromatic carbocycles. The highest BCUT2D eigenvalue weighted by Gasteiger charge is 2.18. The zero-order valence-electron chi connectivity index (χ0n) is 12.5. The van der Waals surface area contributed by atoms with Crippen LogP contribution in [0.2, 0.25) is 0 Å². The Bertz CT molecular complexity index is 333. The van der Waals surface area contributed by atoms with Crippen LogP contribution < -0.4 is 5.43 Å². The normalized spacial score (nSPS) is 23.3. The van der Waals surface area contributed by atoms with Gasteiger partial charge in [-0.25, -0.2) is 5.43 Å². The number of Topliss-reactive ketones (excluding diaryl/α,β-unsaturated/α-hetero) is 1. The average Bonchev–Trinajstić information content (AvgIpc) is 2.48. The lowest BCUT2D eigenvalue weighted by molar-refractivity contribution is -0.120. The summed E-state index contributed by atoms with van der Waals surface area (Å²) in [6.45, 7) is 3.99. The standard InChI is InChI=1S/C15H25N3O2/c1-3-14(19)11-16-9-12-5-7-13(8-6-12)10-17-18-15(20)4-2/h9-10,12-13H,3-8,11H2,1-2H3,(H,18,20)/b16-9?,17-10+. The number of hydrogen-bond donors (Lipinski definition) is 1. The van der Waals surface area contributed by atoms with Gasteiger partial charge in [-0.3, -0.25) is 14.6 Å². The van der Waals surface area contributed by atoms with Gasteiger partial charge in [-0.05, 0) is 37.5 Å². The number of nitrogens with one attached hydrogen (secondary N) is 1. The summed E-state index contributed by atoms with van der Waals surface area (Å²) in [5.41, 5.74) is 2.51. The lowest BCUT2D eigenvalue weighted by Crippen LogP contribution is -2.20. The largest absolute Gasteiger partial charge is 0.298 e. The quantitative estimate of drug-likeness (QED) is 0.574. The van der Waals surface area contributed by atoms with E-state index in [1.807, 2.05) is 19.4 Å². The maximum absolute atomic E-state index is 11.1. The zero-order valence-corrected chi connectivity index (χ0v) is 12.5. The van der Waals surface area contributed by atoms with Gasteiger partial charge in [0.15, 0.2) is 5.78 Å². The van der Waals surface area contributed by atoms with Gasteiger partial charge in [0.2, 0.25) is 5.91 Å². The molecule has 0 radical (unpaired) electrons. The third-order valence-corrected chi connectivity index (χ3v) is 3.59. The van der Waals surface area contributed by atoms with Crippen LogP contribution in [-0.2, 0) is 9.59 Å². The van der Waals surface area contributed by atoms with Crippen LogP contribution in [0.15, 0.2) is 10.1 Å². The van der Waals surface area contributed by atoms with Crippen LogP contribution in [0.3, 0.4) is 0 Å². The summed E-state index contributed by atoms with van der Waals surface area (Å²) >= 11 is 0. The van der Waals surface area contributed by atoms with Gasteiger partial charge < -0.3 is 0 Å². The van der Waals surface area contributed by atoms with Crippen molar-refractivity contribution < 1.29 is 9.59 Å². The molecule has 0 heterocycles. The maximum atomic E-state index is 11.1. The fourth-order valence-electron chi connectivity index (χ4n) is 2.15. The lowest BCUT2D eigenvalue weighted by Gasteiger charge is -2.23. The molecule has 0 saturated heterocycles.